The maximum Gasteiger partial charge on any atom is 0.106 e. The van der Waals surface area contributed by atoms with Gasteiger partial charge in [-0.15, -0.1) is 11.3 Å². The SMILES string of the molecule is Cc1nc(-c2ccc(Br)s2)c2n1CCC(N)C2. The Balaban J connectivity index is 2.12. The molecule has 0 fully saturated rings. The van der Waals surface area contributed by atoms with Crippen LogP contribution in [0, 0.1) is 6.92 Å². The lowest BCUT2D eigenvalue weighted by Gasteiger charge is -2.21. The summed E-state index contributed by atoms with van der Waals surface area (Å²) in [5.74, 6) is 1.10. The van der Waals surface area contributed by atoms with Gasteiger partial charge in [-0.3, -0.25) is 0 Å². The number of imidazole rings is 1. The van der Waals surface area contributed by atoms with Crippen LogP contribution in [0.4, 0.5) is 0 Å². The van der Waals surface area contributed by atoms with Crippen LogP contribution in [0.3, 0.4) is 0 Å². The first-order chi connectivity index (χ1) is 8.15. The van der Waals surface area contributed by atoms with Crippen LogP contribution in [0.2, 0.25) is 0 Å². The third kappa shape index (κ3) is 1.96. The molecule has 3 nitrogen and oxygen atoms in total. The van der Waals surface area contributed by atoms with Gasteiger partial charge in [-0.2, -0.15) is 0 Å². The van der Waals surface area contributed by atoms with E-state index in [0.29, 0.717) is 0 Å². The lowest BCUT2D eigenvalue weighted by atomic mass is 10.0. The Kier molecular flexibility index (Phi) is 2.84. The van der Waals surface area contributed by atoms with Crippen LogP contribution in [-0.2, 0) is 13.0 Å². The number of fused-ring (bicyclic) bond motifs is 1. The maximum absolute atomic E-state index is 6.06. The van der Waals surface area contributed by atoms with E-state index < -0.39 is 0 Å². The number of thiophene rings is 1. The van der Waals surface area contributed by atoms with Gasteiger partial charge in [0, 0.05) is 24.7 Å². The van der Waals surface area contributed by atoms with Gasteiger partial charge in [0.2, 0.25) is 0 Å². The molecule has 5 heteroatoms. The highest BCUT2D eigenvalue weighted by atomic mass is 79.9. The minimum atomic E-state index is 0.278. The molecule has 3 heterocycles. The normalized spacial score (nSPS) is 19.4. The van der Waals surface area contributed by atoms with Crippen LogP contribution in [0.15, 0.2) is 15.9 Å². The van der Waals surface area contributed by atoms with E-state index in [1.54, 1.807) is 11.3 Å². The highest BCUT2D eigenvalue weighted by Crippen LogP contribution is 2.34. The van der Waals surface area contributed by atoms with E-state index in [1.165, 1.54) is 10.6 Å². The van der Waals surface area contributed by atoms with E-state index in [-0.39, 0.29) is 6.04 Å². The first-order valence-electron chi connectivity index (χ1n) is 5.72. The smallest absolute Gasteiger partial charge is 0.106 e. The Morgan fingerprint density at radius 1 is 1.53 bits per heavy atom. The number of hydrogen-bond donors (Lipinski definition) is 1. The second-order valence-corrected chi connectivity index (χ2v) is 6.93. The number of rotatable bonds is 1. The van der Waals surface area contributed by atoms with Crippen LogP contribution >= 0.6 is 27.3 Å². The molecular weight excluding hydrogens is 298 g/mol. The Bertz CT molecular complexity index is 558. The van der Waals surface area contributed by atoms with Crippen molar-refractivity contribution < 1.29 is 0 Å². The van der Waals surface area contributed by atoms with E-state index in [2.05, 4.69) is 39.6 Å². The van der Waals surface area contributed by atoms with Crippen molar-refractivity contribution in [3.8, 4) is 10.6 Å². The molecule has 1 aliphatic heterocycles. The third-order valence-electron chi connectivity index (χ3n) is 3.25. The standard InChI is InChI=1S/C12H14BrN3S/c1-7-15-12(10-2-3-11(13)17-10)9-6-8(14)4-5-16(7)9/h2-3,8H,4-6,14H2,1H3. The third-order valence-corrected chi connectivity index (χ3v) is 4.88. The van der Waals surface area contributed by atoms with Crippen LogP contribution in [-0.4, -0.2) is 15.6 Å². The minimum Gasteiger partial charge on any atom is -0.331 e. The van der Waals surface area contributed by atoms with Crippen molar-refractivity contribution in [1.82, 2.24) is 9.55 Å². The van der Waals surface area contributed by atoms with Crippen LogP contribution in [0.5, 0.6) is 0 Å². The summed E-state index contributed by atoms with van der Waals surface area (Å²) in [6.45, 7) is 3.08. The summed E-state index contributed by atoms with van der Waals surface area (Å²) >= 11 is 5.23. The highest BCUT2D eigenvalue weighted by Gasteiger charge is 2.23. The van der Waals surface area contributed by atoms with Crippen molar-refractivity contribution >= 4 is 27.3 Å². The zero-order valence-corrected chi connectivity index (χ0v) is 12.0. The average Bonchev–Trinajstić information content (AvgIpc) is 2.83. The fourth-order valence-electron chi connectivity index (χ4n) is 2.40. The summed E-state index contributed by atoms with van der Waals surface area (Å²) in [5, 5.41) is 0. The molecule has 0 radical (unpaired) electrons. The van der Waals surface area contributed by atoms with Gasteiger partial charge in [0.25, 0.3) is 0 Å². The fourth-order valence-corrected chi connectivity index (χ4v) is 3.80. The molecule has 0 spiro atoms. The zero-order chi connectivity index (χ0) is 12.0. The average molecular weight is 312 g/mol. The Hall–Kier alpha value is -0.650. The van der Waals surface area contributed by atoms with E-state index in [4.69, 9.17) is 10.7 Å². The van der Waals surface area contributed by atoms with Gasteiger partial charge in [0.05, 0.1) is 8.66 Å². The monoisotopic (exact) mass is 311 g/mol. The number of hydrogen-bond acceptors (Lipinski definition) is 3. The molecule has 0 aliphatic carbocycles. The van der Waals surface area contributed by atoms with E-state index >= 15 is 0 Å². The summed E-state index contributed by atoms with van der Waals surface area (Å²) in [6.07, 6.45) is 1.99. The molecule has 2 N–H and O–H groups in total. The molecule has 2 aromatic heterocycles. The second-order valence-electron chi connectivity index (χ2n) is 4.46. The Morgan fingerprint density at radius 3 is 3.06 bits per heavy atom. The van der Waals surface area contributed by atoms with Gasteiger partial charge in [-0.1, -0.05) is 0 Å². The van der Waals surface area contributed by atoms with Gasteiger partial charge in [-0.25, -0.2) is 4.98 Å². The molecule has 0 amide bonds. The number of nitrogens with zero attached hydrogens (tertiary/aromatic N) is 2. The van der Waals surface area contributed by atoms with E-state index in [0.717, 1.165) is 34.7 Å². The predicted molar refractivity (Wildman–Crippen MR) is 74.3 cm³/mol. The number of aryl methyl sites for hydroxylation is 1. The Labute approximate surface area is 113 Å². The summed E-state index contributed by atoms with van der Waals surface area (Å²) in [5.41, 5.74) is 8.48. The highest BCUT2D eigenvalue weighted by molar-refractivity contribution is 9.11. The molecule has 2 aromatic rings. The number of aromatic nitrogens is 2. The molecule has 3 rings (SSSR count). The van der Waals surface area contributed by atoms with Crippen molar-refractivity contribution in [2.75, 3.05) is 0 Å². The van der Waals surface area contributed by atoms with Crippen LogP contribution < -0.4 is 5.73 Å². The van der Waals surface area contributed by atoms with Gasteiger partial charge in [-0.05, 0) is 41.4 Å². The van der Waals surface area contributed by atoms with Crippen molar-refractivity contribution in [1.29, 1.82) is 0 Å². The molecule has 1 aliphatic rings. The molecule has 17 heavy (non-hydrogen) atoms. The topological polar surface area (TPSA) is 43.8 Å². The summed E-state index contributed by atoms with van der Waals surface area (Å²) in [4.78, 5) is 5.93. The van der Waals surface area contributed by atoms with Crippen molar-refractivity contribution in [2.45, 2.75) is 32.4 Å². The first-order valence-corrected chi connectivity index (χ1v) is 7.33. The predicted octanol–water partition coefficient (Wildman–Crippen LogP) is 2.96. The molecule has 0 saturated carbocycles. The maximum atomic E-state index is 6.06. The molecule has 1 unspecified atom stereocenters. The van der Waals surface area contributed by atoms with E-state index in [9.17, 15) is 0 Å². The van der Waals surface area contributed by atoms with Crippen molar-refractivity contribution in [2.24, 2.45) is 5.73 Å². The molecular formula is C12H14BrN3S. The lowest BCUT2D eigenvalue weighted by Crippen LogP contribution is -2.31. The fraction of sp³-hybridized carbons (Fsp3) is 0.417. The largest absolute Gasteiger partial charge is 0.331 e. The van der Waals surface area contributed by atoms with Crippen LogP contribution in [0.1, 0.15) is 17.9 Å². The molecule has 1 atom stereocenters. The number of nitrogens with two attached hydrogens (primary N) is 1. The summed E-state index contributed by atoms with van der Waals surface area (Å²) in [6, 6.07) is 4.47. The van der Waals surface area contributed by atoms with Gasteiger partial charge >= 0.3 is 0 Å². The lowest BCUT2D eigenvalue weighted by molar-refractivity contribution is 0.466. The van der Waals surface area contributed by atoms with Crippen LogP contribution in [0.25, 0.3) is 10.6 Å². The molecule has 0 saturated heterocycles. The first kappa shape index (κ1) is 11.4. The van der Waals surface area contributed by atoms with Crippen molar-refractivity contribution in [3.05, 3.63) is 27.4 Å². The quantitative estimate of drug-likeness (QED) is 0.880. The Morgan fingerprint density at radius 2 is 2.35 bits per heavy atom. The van der Waals surface area contributed by atoms with Crippen molar-refractivity contribution in [3.63, 3.8) is 0 Å². The minimum absolute atomic E-state index is 0.278. The van der Waals surface area contributed by atoms with Gasteiger partial charge < -0.3 is 10.3 Å². The summed E-state index contributed by atoms with van der Waals surface area (Å²) in [7, 11) is 0. The van der Waals surface area contributed by atoms with Gasteiger partial charge in [0.1, 0.15) is 11.5 Å². The van der Waals surface area contributed by atoms with E-state index in [1.807, 2.05) is 0 Å². The summed E-state index contributed by atoms with van der Waals surface area (Å²) < 4.78 is 3.46. The number of halogens is 1. The zero-order valence-electron chi connectivity index (χ0n) is 9.61. The van der Waals surface area contributed by atoms with Gasteiger partial charge in [0.15, 0.2) is 0 Å². The second kappa shape index (κ2) is 4.23. The molecule has 0 bridgehead atoms. The molecule has 90 valence electrons. The molecule has 0 aromatic carbocycles.